The van der Waals surface area contributed by atoms with Crippen LogP contribution in [0.15, 0.2) is 36.4 Å². The Balaban J connectivity index is 1.43. The molecule has 1 aromatic carbocycles. The van der Waals surface area contributed by atoms with E-state index in [9.17, 15) is 4.79 Å². The molecular weight excluding hydrogens is 372 g/mol. The molecule has 0 radical (unpaired) electrons. The molecular formula is C25H30N4O. The maximum atomic E-state index is 13.8. The number of aromatic amines is 1. The van der Waals surface area contributed by atoms with Crippen LogP contribution in [0.5, 0.6) is 0 Å². The first-order chi connectivity index (χ1) is 14.5. The molecule has 2 aliphatic carbocycles. The van der Waals surface area contributed by atoms with Crippen LogP contribution >= 0.6 is 0 Å². The van der Waals surface area contributed by atoms with E-state index in [0.717, 1.165) is 61.3 Å². The smallest absolute Gasteiger partial charge is 0.256 e. The molecule has 0 saturated heterocycles. The standard InChI is InChI=1S/C25H30N4O/c1-16-13-23(18(3)28(16)15-19-7-5-4-6-8-19)25(30)29(20-9-10-20)21-11-12-24-22(14-21)17(2)26-27-24/h4-8,13,20-21H,9-12,14-15H2,1-3H3,(H,26,27). The zero-order valence-corrected chi connectivity index (χ0v) is 18.1. The highest BCUT2D eigenvalue weighted by molar-refractivity contribution is 5.96. The lowest BCUT2D eigenvalue weighted by atomic mass is 9.90. The Morgan fingerprint density at radius 3 is 2.63 bits per heavy atom. The summed E-state index contributed by atoms with van der Waals surface area (Å²) in [5, 5.41) is 7.58. The lowest BCUT2D eigenvalue weighted by Gasteiger charge is -2.34. The molecule has 5 heteroatoms. The Labute approximate surface area is 178 Å². The minimum Gasteiger partial charge on any atom is -0.344 e. The number of carbonyl (C=O) groups excluding carboxylic acids is 1. The molecule has 2 heterocycles. The van der Waals surface area contributed by atoms with Gasteiger partial charge >= 0.3 is 0 Å². The van der Waals surface area contributed by atoms with Gasteiger partial charge in [0.1, 0.15) is 0 Å². The third kappa shape index (κ3) is 3.36. The van der Waals surface area contributed by atoms with Crippen molar-refractivity contribution in [2.45, 2.75) is 71.5 Å². The van der Waals surface area contributed by atoms with Crippen molar-refractivity contribution in [3.05, 3.63) is 75.9 Å². The quantitative estimate of drug-likeness (QED) is 0.690. The fourth-order valence-electron chi connectivity index (χ4n) is 5.01. The van der Waals surface area contributed by atoms with Gasteiger partial charge in [0.15, 0.2) is 0 Å². The van der Waals surface area contributed by atoms with Crippen LogP contribution in [0.3, 0.4) is 0 Å². The Hall–Kier alpha value is -2.82. The van der Waals surface area contributed by atoms with Crippen LogP contribution in [0.4, 0.5) is 0 Å². The second-order valence-electron chi connectivity index (χ2n) is 8.97. The molecule has 3 aromatic rings. The summed E-state index contributed by atoms with van der Waals surface area (Å²) in [5.74, 6) is 0.208. The van der Waals surface area contributed by atoms with Crippen LogP contribution in [0.2, 0.25) is 0 Å². The Morgan fingerprint density at radius 1 is 1.13 bits per heavy atom. The van der Waals surface area contributed by atoms with Crippen molar-refractivity contribution in [3.8, 4) is 0 Å². The number of hydrogen-bond acceptors (Lipinski definition) is 2. The molecule has 1 amide bonds. The van der Waals surface area contributed by atoms with E-state index >= 15 is 0 Å². The molecule has 5 nitrogen and oxygen atoms in total. The van der Waals surface area contributed by atoms with Crippen LogP contribution in [-0.4, -0.2) is 37.7 Å². The van der Waals surface area contributed by atoms with Gasteiger partial charge in [-0.25, -0.2) is 0 Å². The minimum atomic E-state index is 0.208. The number of carbonyl (C=O) groups is 1. The summed E-state index contributed by atoms with van der Waals surface area (Å²) in [7, 11) is 0. The molecule has 1 unspecified atom stereocenters. The lowest BCUT2D eigenvalue weighted by molar-refractivity contribution is 0.0641. The molecule has 156 valence electrons. The van der Waals surface area contributed by atoms with Gasteiger partial charge in [0.25, 0.3) is 5.91 Å². The first-order valence-electron chi connectivity index (χ1n) is 11.1. The number of amides is 1. The van der Waals surface area contributed by atoms with Gasteiger partial charge in [-0.1, -0.05) is 30.3 Å². The molecule has 0 spiro atoms. The number of nitrogens with one attached hydrogen (secondary N) is 1. The van der Waals surface area contributed by atoms with Crippen LogP contribution in [-0.2, 0) is 19.4 Å². The number of nitrogens with zero attached hydrogens (tertiary/aromatic N) is 3. The molecule has 1 N–H and O–H groups in total. The van der Waals surface area contributed by atoms with Gasteiger partial charge in [0.05, 0.1) is 11.3 Å². The van der Waals surface area contributed by atoms with E-state index in [1.807, 2.05) is 6.07 Å². The molecule has 30 heavy (non-hydrogen) atoms. The number of fused-ring (bicyclic) bond motifs is 1. The molecule has 2 aromatic heterocycles. The number of aromatic nitrogens is 3. The maximum Gasteiger partial charge on any atom is 0.256 e. The molecule has 5 rings (SSSR count). The highest BCUT2D eigenvalue weighted by atomic mass is 16.2. The first-order valence-corrected chi connectivity index (χ1v) is 11.1. The van der Waals surface area contributed by atoms with Crippen molar-refractivity contribution in [1.29, 1.82) is 0 Å². The van der Waals surface area contributed by atoms with Crippen molar-refractivity contribution in [2.75, 3.05) is 0 Å². The molecule has 0 bridgehead atoms. The zero-order valence-electron chi connectivity index (χ0n) is 18.1. The van der Waals surface area contributed by atoms with E-state index in [0.29, 0.717) is 6.04 Å². The monoisotopic (exact) mass is 402 g/mol. The summed E-state index contributed by atoms with van der Waals surface area (Å²) in [6, 6.07) is 13.2. The van der Waals surface area contributed by atoms with Crippen molar-refractivity contribution >= 4 is 5.91 Å². The van der Waals surface area contributed by atoms with Gasteiger partial charge in [-0.05, 0) is 70.1 Å². The fourth-order valence-corrected chi connectivity index (χ4v) is 5.01. The van der Waals surface area contributed by atoms with E-state index in [1.165, 1.54) is 16.8 Å². The van der Waals surface area contributed by atoms with E-state index < -0.39 is 0 Å². The SMILES string of the molecule is Cc1[nH]nc2c1CC(N(C(=O)c1cc(C)n(Cc3ccccc3)c1C)C1CC1)CC2. The van der Waals surface area contributed by atoms with Crippen LogP contribution < -0.4 is 0 Å². The molecule has 1 atom stereocenters. The highest BCUT2D eigenvalue weighted by Gasteiger charge is 2.40. The van der Waals surface area contributed by atoms with Gasteiger partial charge in [0, 0.05) is 35.7 Å². The van der Waals surface area contributed by atoms with Crippen molar-refractivity contribution in [3.63, 3.8) is 0 Å². The summed E-state index contributed by atoms with van der Waals surface area (Å²) < 4.78 is 2.27. The number of hydrogen-bond donors (Lipinski definition) is 1. The average molecular weight is 403 g/mol. The van der Waals surface area contributed by atoms with E-state index in [1.54, 1.807) is 0 Å². The summed E-state index contributed by atoms with van der Waals surface area (Å²) >= 11 is 0. The predicted molar refractivity (Wildman–Crippen MR) is 118 cm³/mol. The molecule has 1 fully saturated rings. The summed E-state index contributed by atoms with van der Waals surface area (Å²) in [4.78, 5) is 16.0. The van der Waals surface area contributed by atoms with E-state index in [4.69, 9.17) is 0 Å². The number of benzene rings is 1. The topological polar surface area (TPSA) is 53.9 Å². The number of rotatable bonds is 5. The van der Waals surface area contributed by atoms with Crippen molar-refractivity contribution in [2.24, 2.45) is 0 Å². The maximum absolute atomic E-state index is 13.8. The third-order valence-electron chi connectivity index (χ3n) is 6.87. The summed E-state index contributed by atoms with van der Waals surface area (Å²) in [5.41, 5.74) is 8.00. The van der Waals surface area contributed by atoms with Gasteiger partial charge in [0.2, 0.25) is 0 Å². The Kier molecular flexibility index (Phi) is 4.76. The van der Waals surface area contributed by atoms with Crippen LogP contribution in [0.25, 0.3) is 0 Å². The number of H-pyrrole nitrogens is 1. The Bertz CT molecular complexity index is 1070. The van der Waals surface area contributed by atoms with Crippen molar-refractivity contribution < 1.29 is 4.79 Å². The van der Waals surface area contributed by atoms with Crippen LogP contribution in [0.1, 0.15) is 63.5 Å². The zero-order chi connectivity index (χ0) is 20.8. The molecule has 1 saturated carbocycles. The van der Waals surface area contributed by atoms with Gasteiger partial charge in [-0.3, -0.25) is 9.89 Å². The van der Waals surface area contributed by atoms with Gasteiger partial charge in [-0.15, -0.1) is 0 Å². The van der Waals surface area contributed by atoms with Gasteiger partial charge < -0.3 is 9.47 Å². The second-order valence-corrected chi connectivity index (χ2v) is 8.97. The molecule has 2 aliphatic rings. The summed E-state index contributed by atoms with van der Waals surface area (Å²) in [6.45, 7) is 7.09. The van der Waals surface area contributed by atoms with E-state index in [-0.39, 0.29) is 11.9 Å². The summed E-state index contributed by atoms with van der Waals surface area (Å²) in [6.07, 6.45) is 5.13. The molecule has 0 aliphatic heterocycles. The normalized spacial score (nSPS) is 18.3. The van der Waals surface area contributed by atoms with Crippen LogP contribution in [0, 0.1) is 20.8 Å². The minimum absolute atomic E-state index is 0.208. The predicted octanol–water partition coefficient (Wildman–Crippen LogP) is 4.35. The average Bonchev–Trinajstić information content (AvgIpc) is 3.46. The van der Waals surface area contributed by atoms with Gasteiger partial charge in [-0.2, -0.15) is 5.10 Å². The number of aryl methyl sites for hydroxylation is 3. The van der Waals surface area contributed by atoms with E-state index in [2.05, 4.69) is 70.8 Å². The second kappa shape index (κ2) is 7.46. The highest BCUT2D eigenvalue weighted by Crippen LogP contribution is 2.36. The fraction of sp³-hybridized carbons (Fsp3) is 0.440. The van der Waals surface area contributed by atoms with Crippen molar-refractivity contribution in [1.82, 2.24) is 19.7 Å². The largest absolute Gasteiger partial charge is 0.344 e. The third-order valence-corrected chi connectivity index (χ3v) is 6.87. The lowest BCUT2D eigenvalue weighted by Crippen LogP contribution is -2.45. The Morgan fingerprint density at radius 2 is 1.90 bits per heavy atom. The first kappa shape index (κ1) is 19.2.